The normalized spacial score (nSPS) is 22.4. The first-order valence-corrected chi connectivity index (χ1v) is 17.3. The van der Waals surface area contributed by atoms with E-state index in [4.69, 9.17) is 0 Å². The molecule has 2 aromatic rings. The lowest BCUT2D eigenvalue weighted by Gasteiger charge is -2.35. The van der Waals surface area contributed by atoms with E-state index in [0.717, 1.165) is 69.8 Å². The largest absolute Gasteiger partial charge is 0.372 e. The number of thioether (sulfide) groups is 1. The van der Waals surface area contributed by atoms with Crippen molar-refractivity contribution in [1.29, 1.82) is 0 Å². The average Bonchev–Trinajstić information content (AvgIpc) is 3.82. The van der Waals surface area contributed by atoms with Gasteiger partial charge in [-0.15, -0.1) is 11.8 Å². The molecule has 1 saturated carbocycles. The molecule has 4 aliphatic rings. The van der Waals surface area contributed by atoms with E-state index in [9.17, 15) is 9.59 Å². The van der Waals surface area contributed by atoms with E-state index in [1.807, 2.05) is 24.3 Å². The molecule has 2 aliphatic carbocycles. The number of piperidine rings is 1. The standard InChI is InChI=1S/C35H47N5O2S/c1-3-39(4-2)27-14-12-26(13-15-27)37-34(42)32-30-10-5-6-11-31(30)43-35(32)38-33(41)25-9-7-8-24(22-25)23-40(28-16-17-28)29-18-20-36-21-19-29/h7-9,12-15,22,28-29,32,35-36H,3-6,10-11,16-21,23H2,1-2H3,(H,37,42)(H,38,41). The van der Waals surface area contributed by atoms with Gasteiger partial charge in [-0.25, -0.2) is 0 Å². The molecule has 3 N–H and O–H groups in total. The molecule has 6 rings (SSSR count). The minimum atomic E-state index is -0.361. The number of hydrogen-bond donors (Lipinski definition) is 3. The lowest BCUT2D eigenvalue weighted by molar-refractivity contribution is -0.118. The van der Waals surface area contributed by atoms with Crippen LogP contribution in [0.1, 0.15) is 81.1 Å². The van der Waals surface area contributed by atoms with Gasteiger partial charge in [0.1, 0.15) is 0 Å². The van der Waals surface area contributed by atoms with Crippen LogP contribution in [0.15, 0.2) is 59.0 Å². The predicted molar refractivity (Wildman–Crippen MR) is 177 cm³/mol. The van der Waals surface area contributed by atoms with Crippen molar-refractivity contribution in [3.63, 3.8) is 0 Å². The van der Waals surface area contributed by atoms with Crippen molar-refractivity contribution in [3.05, 3.63) is 70.1 Å². The third-order valence-electron chi connectivity index (χ3n) is 9.57. The highest BCUT2D eigenvalue weighted by molar-refractivity contribution is 8.04. The topological polar surface area (TPSA) is 76.7 Å². The van der Waals surface area contributed by atoms with Crippen LogP contribution in [0.3, 0.4) is 0 Å². The zero-order chi connectivity index (χ0) is 29.8. The fourth-order valence-corrected chi connectivity index (χ4v) is 8.62. The first-order valence-electron chi connectivity index (χ1n) is 16.4. The number of nitrogens with zero attached hydrogens (tertiary/aromatic N) is 2. The molecule has 2 aliphatic heterocycles. The molecule has 2 aromatic carbocycles. The zero-order valence-electron chi connectivity index (χ0n) is 25.7. The highest BCUT2D eigenvalue weighted by atomic mass is 32.2. The maximum Gasteiger partial charge on any atom is 0.252 e. The Balaban J connectivity index is 1.14. The van der Waals surface area contributed by atoms with Crippen molar-refractivity contribution in [3.8, 4) is 0 Å². The zero-order valence-corrected chi connectivity index (χ0v) is 26.6. The van der Waals surface area contributed by atoms with Crippen molar-refractivity contribution in [2.24, 2.45) is 5.92 Å². The molecule has 0 spiro atoms. The molecular weight excluding hydrogens is 554 g/mol. The van der Waals surface area contributed by atoms with Crippen LogP contribution >= 0.6 is 11.8 Å². The summed E-state index contributed by atoms with van der Waals surface area (Å²) in [4.78, 5) is 33.7. The fourth-order valence-electron chi connectivity index (χ4n) is 7.08. The quantitative estimate of drug-likeness (QED) is 0.288. The van der Waals surface area contributed by atoms with Crippen LogP contribution in [-0.2, 0) is 11.3 Å². The SMILES string of the molecule is CCN(CC)c1ccc(NC(=O)C2C3=C(CCCC3)SC2NC(=O)c2cccc(CN(C3CCNCC3)C3CC3)c2)cc1. The van der Waals surface area contributed by atoms with E-state index in [2.05, 4.69) is 63.9 Å². The molecule has 2 heterocycles. The van der Waals surface area contributed by atoms with Crippen LogP contribution in [0.2, 0.25) is 0 Å². The van der Waals surface area contributed by atoms with Crippen molar-refractivity contribution < 1.29 is 9.59 Å². The monoisotopic (exact) mass is 601 g/mol. The highest BCUT2D eigenvalue weighted by Crippen LogP contribution is 2.48. The van der Waals surface area contributed by atoms with Gasteiger partial charge in [-0.2, -0.15) is 0 Å². The maximum absolute atomic E-state index is 13.8. The van der Waals surface area contributed by atoms with E-state index in [1.54, 1.807) is 11.8 Å². The van der Waals surface area contributed by atoms with Gasteiger partial charge in [-0.05, 0) is 131 Å². The number of anilines is 2. The Hall–Kier alpha value is -2.81. The second kappa shape index (κ2) is 13.9. The van der Waals surface area contributed by atoms with Crippen LogP contribution < -0.4 is 20.9 Å². The van der Waals surface area contributed by atoms with Gasteiger partial charge in [0.15, 0.2) is 0 Å². The average molecular weight is 602 g/mol. The number of hydrogen-bond acceptors (Lipinski definition) is 6. The summed E-state index contributed by atoms with van der Waals surface area (Å²) in [6.45, 7) is 9.25. The molecule has 8 heteroatoms. The highest BCUT2D eigenvalue weighted by Gasteiger charge is 2.42. The first-order chi connectivity index (χ1) is 21.0. The van der Waals surface area contributed by atoms with Gasteiger partial charge in [0.05, 0.1) is 11.3 Å². The molecule has 0 aromatic heterocycles. The summed E-state index contributed by atoms with van der Waals surface area (Å²) in [5.41, 5.74) is 5.03. The molecule has 2 amide bonds. The smallest absolute Gasteiger partial charge is 0.252 e. The number of carbonyl (C=O) groups excluding carboxylic acids is 2. The fraction of sp³-hybridized carbons (Fsp3) is 0.543. The molecule has 2 unspecified atom stereocenters. The summed E-state index contributed by atoms with van der Waals surface area (Å²) in [6, 6.07) is 17.5. The molecule has 43 heavy (non-hydrogen) atoms. The number of allylic oxidation sites excluding steroid dienone is 1. The molecule has 7 nitrogen and oxygen atoms in total. The van der Waals surface area contributed by atoms with E-state index in [0.29, 0.717) is 17.6 Å². The van der Waals surface area contributed by atoms with Crippen LogP contribution in [0.5, 0.6) is 0 Å². The number of benzene rings is 2. The van der Waals surface area contributed by atoms with Crippen LogP contribution in [0.4, 0.5) is 11.4 Å². The Morgan fingerprint density at radius 2 is 1.65 bits per heavy atom. The summed E-state index contributed by atoms with van der Waals surface area (Å²) in [5.74, 6) is -0.489. The molecule has 0 radical (unpaired) electrons. The van der Waals surface area contributed by atoms with Gasteiger partial charge in [-0.1, -0.05) is 12.1 Å². The second-order valence-electron chi connectivity index (χ2n) is 12.4. The minimum absolute atomic E-state index is 0.0314. The van der Waals surface area contributed by atoms with E-state index in [-0.39, 0.29) is 23.1 Å². The molecular formula is C35H47N5O2S. The van der Waals surface area contributed by atoms with Crippen LogP contribution in [-0.4, -0.2) is 60.4 Å². The molecule has 1 saturated heterocycles. The Morgan fingerprint density at radius 1 is 0.930 bits per heavy atom. The summed E-state index contributed by atoms with van der Waals surface area (Å²) in [7, 11) is 0. The van der Waals surface area contributed by atoms with Crippen molar-refractivity contribution in [2.45, 2.75) is 89.2 Å². The summed E-state index contributed by atoms with van der Waals surface area (Å²) >= 11 is 1.69. The lowest BCUT2D eigenvalue weighted by Crippen LogP contribution is -2.44. The van der Waals surface area contributed by atoms with E-state index in [1.165, 1.54) is 41.7 Å². The number of amides is 2. The van der Waals surface area contributed by atoms with E-state index >= 15 is 0 Å². The number of rotatable bonds is 11. The second-order valence-corrected chi connectivity index (χ2v) is 13.7. The van der Waals surface area contributed by atoms with Crippen molar-refractivity contribution in [1.82, 2.24) is 15.5 Å². The van der Waals surface area contributed by atoms with Crippen LogP contribution in [0.25, 0.3) is 0 Å². The molecule has 2 atom stereocenters. The van der Waals surface area contributed by atoms with Crippen molar-refractivity contribution >= 4 is 35.0 Å². The van der Waals surface area contributed by atoms with Crippen LogP contribution in [0, 0.1) is 5.92 Å². The van der Waals surface area contributed by atoms with Gasteiger partial charge >= 0.3 is 0 Å². The predicted octanol–water partition coefficient (Wildman–Crippen LogP) is 6.13. The van der Waals surface area contributed by atoms with Gasteiger partial charge in [0, 0.05) is 48.7 Å². The Bertz CT molecular complexity index is 1310. The molecule has 0 bridgehead atoms. The number of carbonyl (C=O) groups is 2. The minimum Gasteiger partial charge on any atom is -0.372 e. The van der Waals surface area contributed by atoms with Gasteiger partial charge < -0.3 is 20.9 Å². The summed E-state index contributed by atoms with van der Waals surface area (Å²) in [6.07, 6.45) is 9.11. The van der Waals surface area contributed by atoms with Crippen molar-refractivity contribution in [2.75, 3.05) is 36.4 Å². The maximum atomic E-state index is 13.8. The van der Waals surface area contributed by atoms with Gasteiger partial charge in [0.2, 0.25) is 5.91 Å². The third kappa shape index (κ3) is 7.13. The molecule has 230 valence electrons. The van der Waals surface area contributed by atoms with Gasteiger partial charge in [-0.3, -0.25) is 14.5 Å². The van der Waals surface area contributed by atoms with E-state index < -0.39 is 0 Å². The Kier molecular flexibility index (Phi) is 9.75. The first kappa shape index (κ1) is 30.2. The summed E-state index contributed by atoms with van der Waals surface area (Å²) in [5, 5.41) is 9.64. The Labute approximate surface area is 261 Å². The lowest BCUT2D eigenvalue weighted by atomic mass is 9.88. The molecule has 2 fully saturated rings. The van der Waals surface area contributed by atoms with Gasteiger partial charge in [0.25, 0.3) is 5.91 Å². The summed E-state index contributed by atoms with van der Waals surface area (Å²) < 4.78 is 0. The Morgan fingerprint density at radius 3 is 2.37 bits per heavy atom. The third-order valence-corrected chi connectivity index (χ3v) is 11.0. The number of nitrogens with one attached hydrogen (secondary N) is 3.